The summed E-state index contributed by atoms with van der Waals surface area (Å²) >= 11 is 9.05. The maximum atomic E-state index is 13.6. The third-order valence-corrected chi connectivity index (χ3v) is 7.85. The van der Waals surface area contributed by atoms with Crippen LogP contribution in [0.4, 0.5) is 0 Å². The Labute approximate surface area is 210 Å². The Balaban J connectivity index is 1.32. The molecule has 1 aromatic carbocycles. The van der Waals surface area contributed by atoms with E-state index < -0.39 is 0 Å². The number of hydrogen-bond donors (Lipinski definition) is 1. The first-order chi connectivity index (χ1) is 16.4. The summed E-state index contributed by atoms with van der Waals surface area (Å²) < 4.78 is 1.80. The fraction of sp³-hybridized carbons (Fsp3) is 0.333. The molecule has 5 rings (SSSR count). The van der Waals surface area contributed by atoms with E-state index in [9.17, 15) is 9.59 Å². The summed E-state index contributed by atoms with van der Waals surface area (Å²) in [5, 5.41) is 6.37. The molecule has 1 aliphatic rings. The molecule has 1 aliphatic carbocycles. The van der Waals surface area contributed by atoms with Crippen LogP contribution in [0, 0.1) is 19.8 Å². The predicted molar refractivity (Wildman–Crippen MR) is 136 cm³/mol. The highest BCUT2D eigenvalue weighted by molar-refractivity contribution is 7.15. The van der Waals surface area contributed by atoms with Crippen molar-refractivity contribution in [3.8, 4) is 10.4 Å². The number of fused-ring (bicyclic) bond motifs is 1. The topological polar surface area (TPSA) is 79.6 Å². The van der Waals surface area contributed by atoms with Gasteiger partial charge in [0.1, 0.15) is 11.4 Å². The van der Waals surface area contributed by atoms with Gasteiger partial charge in [-0.05, 0) is 50.3 Å². The van der Waals surface area contributed by atoms with E-state index in [1.165, 1.54) is 22.7 Å². The summed E-state index contributed by atoms with van der Waals surface area (Å²) in [5.41, 5.74) is 2.62. The zero-order chi connectivity index (χ0) is 23.8. The number of amides is 2. The summed E-state index contributed by atoms with van der Waals surface area (Å²) in [5.74, 6) is 0.227. The first kappa shape index (κ1) is 23.0. The Morgan fingerprint density at radius 1 is 1.21 bits per heavy atom. The first-order valence-corrected chi connectivity index (χ1v) is 13.2. The molecule has 1 fully saturated rings. The van der Waals surface area contributed by atoms with Gasteiger partial charge in [-0.3, -0.25) is 14.0 Å². The molecule has 0 bridgehead atoms. The van der Waals surface area contributed by atoms with Crippen molar-refractivity contribution < 1.29 is 9.59 Å². The van der Waals surface area contributed by atoms with Crippen LogP contribution in [0.3, 0.4) is 0 Å². The molecule has 2 amide bonds. The number of benzene rings is 1. The minimum Gasteiger partial charge on any atom is -0.349 e. The molecule has 0 atom stereocenters. The van der Waals surface area contributed by atoms with Gasteiger partial charge in [0.05, 0.1) is 15.6 Å². The lowest BCUT2D eigenvalue weighted by Crippen LogP contribution is -2.40. The van der Waals surface area contributed by atoms with Gasteiger partial charge in [0.25, 0.3) is 11.8 Å². The zero-order valence-corrected chi connectivity index (χ0v) is 21.3. The maximum absolute atomic E-state index is 13.6. The second-order valence-electron chi connectivity index (χ2n) is 8.47. The quantitative estimate of drug-likeness (QED) is 0.356. The predicted octanol–water partition coefficient (Wildman–Crippen LogP) is 5.07. The van der Waals surface area contributed by atoms with E-state index in [-0.39, 0.29) is 11.8 Å². The fourth-order valence-corrected chi connectivity index (χ4v) is 5.76. The SMILES string of the molecule is Cc1nc(C(=O)N(CCNC(=O)c2c(C)nc3sccn23)CC2CC2)c(-c2ccc(Cl)cc2)s1. The van der Waals surface area contributed by atoms with Gasteiger partial charge in [0.15, 0.2) is 4.96 Å². The number of carbonyl (C=O) groups is 2. The van der Waals surface area contributed by atoms with Gasteiger partial charge in [-0.15, -0.1) is 22.7 Å². The minimum atomic E-state index is -0.187. The van der Waals surface area contributed by atoms with Crippen LogP contribution in [0.2, 0.25) is 5.02 Å². The van der Waals surface area contributed by atoms with Gasteiger partial charge < -0.3 is 10.2 Å². The lowest BCUT2D eigenvalue weighted by atomic mass is 10.1. The highest BCUT2D eigenvalue weighted by atomic mass is 35.5. The molecule has 0 radical (unpaired) electrons. The van der Waals surface area contributed by atoms with Crippen LogP contribution in [0.1, 0.15) is 44.5 Å². The number of hydrogen-bond acceptors (Lipinski definition) is 6. The molecule has 0 aliphatic heterocycles. The lowest BCUT2D eigenvalue weighted by molar-refractivity contribution is 0.0736. The second kappa shape index (κ2) is 9.48. The van der Waals surface area contributed by atoms with Crippen LogP contribution in [0.5, 0.6) is 0 Å². The van der Waals surface area contributed by atoms with Crippen LogP contribution in [0.25, 0.3) is 15.4 Å². The average Bonchev–Trinajstić information content (AvgIpc) is 3.22. The summed E-state index contributed by atoms with van der Waals surface area (Å²) in [6.45, 7) is 5.19. The normalized spacial score (nSPS) is 13.4. The Morgan fingerprint density at radius 2 is 1.97 bits per heavy atom. The molecule has 1 saturated carbocycles. The van der Waals surface area contributed by atoms with E-state index in [1.54, 1.807) is 4.40 Å². The van der Waals surface area contributed by atoms with Crippen LogP contribution in [0.15, 0.2) is 35.8 Å². The monoisotopic (exact) mass is 513 g/mol. The lowest BCUT2D eigenvalue weighted by Gasteiger charge is -2.22. The molecule has 34 heavy (non-hydrogen) atoms. The largest absolute Gasteiger partial charge is 0.349 e. The van der Waals surface area contributed by atoms with E-state index >= 15 is 0 Å². The number of nitrogens with one attached hydrogen (secondary N) is 1. The summed E-state index contributed by atoms with van der Waals surface area (Å²) in [4.78, 5) is 39.0. The number of rotatable bonds is 8. The number of aryl methyl sites for hydroxylation is 2. The van der Waals surface area contributed by atoms with E-state index in [0.29, 0.717) is 47.7 Å². The Bertz CT molecular complexity index is 1350. The van der Waals surface area contributed by atoms with Crippen molar-refractivity contribution in [2.45, 2.75) is 26.7 Å². The van der Waals surface area contributed by atoms with E-state index in [1.807, 2.05) is 54.6 Å². The van der Waals surface area contributed by atoms with Crippen molar-refractivity contribution in [2.75, 3.05) is 19.6 Å². The molecular weight excluding hydrogens is 490 g/mol. The fourth-order valence-electron chi connectivity index (χ4n) is 3.96. The van der Waals surface area contributed by atoms with Crippen LogP contribution in [-0.2, 0) is 0 Å². The average molecular weight is 514 g/mol. The van der Waals surface area contributed by atoms with Crippen molar-refractivity contribution >= 4 is 51.0 Å². The molecule has 0 unspecified atom stereocenters. The van der Waals surface area contributed by atoms with Crippen LogP contribution >= 0.6 is 34.3 Å². The first-order valence-electron chi connectivity index (χ1n) is 11.1. The third-order valence-electron chi connectivity index (χ3n) is 5.82. The van der Waals surface area contributed by atoms with Gasteiger partial charge in [-0.2, -0.15) is 0 Å². The van der Waals surface area contributed by atoms with Gasteiger partial charge in [0.2, 0.25) is 0 Å². The summed E-state index contributed by atoms with van der Waals surface area (Å²) in [7, 11) is 0. The van der Waals surface area contributed by atoms with Gasteiger partial charge in [-0.25, -0.2) is 9.97 Å². The molecular formula is C24H24ClN5O2S2. The third kappa shape index (κ3) is 4.73. The molecule has 3 aromatic heterocycles. The van der Waals surface area contributed by atoms with Crippen molar-refractivity contribution in [1.29, 1.82) is 0 Å². The van der Waals surface area contributed by atoms with Gasteiger partial charge in [-0.1, -0.05) is 23.7 Å². The van der Waals surface area contributed by atoms with Crippen LogP contribution in [-0.4, -0.2) is 50.7 Å². The standard InChI is InChI=1S/C24H24ClN5O2S2/c1-14-20(30-11-12-33-24(30)27-14)22(31)26-9-10-29(13-16-3-4-16)23(32)19-21(34-15(2)28-19)17-5-7-18(25)8-6-17/h5-8,11-12,16H,3-4,9-10,13H2,1-2H3,(H,26,31). The number of thiazole rings is 2. The van der Waals surface area contributed by atoms with E-state index in [0.717, 1.165) is 33.3 Å². The highest BCUT2D eigenvalue weighted by Crippen LogP contribution is 2.34. The van der Waals surface area contributed by atoms with Gasteiger partial charge >= 0.3 is 0 Å². The van der Waals surface area contributed by atoms with E-state index in [2.05, 4.69) is 15.3 Å². The molecule has 7 nitrogen and oxygen atoms in total. The van der Waals surface area contributed by atoms with Crippen molar-refractivity contribution in [3.63, 3.8) is 0 Å². The second-order valence-corrected chi connectivity index (χ2v) is 11.0. The smallest absolute Gasteiger partial charge is 0.274 e. The molecule has 0 spiro atoms. The van der Waals surface area contributed by atoms with E-state index in [4.69, 9.17) is 11.6 Å². The minimum absolute atomic E-state index is 0.101. The molecule has 3 heterocycles. The van der Waals surface area contributed by atoms with Crippen molar-refractivity contribution in [3.05, 3.63) is 63.0 Å². The molecule has 0 saturated heterocycles. The molecule has 4 aromatic rings. The van der Waals surface area contributed by atoms with Crippen molar-refractivity contribution in [1.82, 2.24) is 24.6 Å². The summed E-state index contributed by atoms with van der Waals surface area (Å²) in [6.07, 6.45) is 4.10. The summed E-state index contributed by atoms with van der Waals surface area (Å²) in [6, 6.07) is 7.47. The Morgan fingerprint density at radius 3 is 2.71 bits per heavy atom. The molecule has 1 N–H and O–H groups in total. The Hall–Kier alpha value is -2.75. The zero-order valence-electron chi connectivity index (χ0n) is 18.9. The highest BCUT2D eigenvalue weighted by Gasteiger charge is 2.30. The maximum Gasteiger partial charge on any atom is 0.274 e. The molecule has 10 heteroatoms. The Kier molecular flexibility index (Phi) is 6.42. The van der Waals surface area contributed by atoms with Gasteiger partial charge in [0, 0.05) is 36.2 Å². The number of aromatic nitrogens is 3. The number of carbonyl (C=O) groups excluding carboxylic acids is 2. The molecule has 176 valence electrons. The van der Waals surface area contributed by atoms with Crippen molar-refractivity contribution in [2.24, 2.45) is 5.92 Å². The number of halogens is 1. The van der Waals surface area contributed by atoms with Crippen LogP contribution < -0.4 is 5.32 Å². The number of nitrogens with zero attached hydrogens (tertiary/aromatic N) is 4. The number of imidazole rings is 1.